The summed E-state index contributed by atoms with van der Waals surface area (Å²) in [6.45, 7) is 6.89. The number of thioether (sulfide) groups is 1. The first-order valence-corrected chi connectivity index (χ1v) is 21.9. The number of carbonyl (C=O) groups excluding carboxylic acids is 1. The largest absolute Gasteiger partial charge is 0.459 e. The standard InChI is InChI=1S/C46H56N2O10S/c1-5-23-55-46-42(48(45(51)52-3)28-30-13-19-40-41(24-30)54-29-53-40)27-38(47-56-6-2)36-25-31(11-7-9-21-49)35(12-8-10-22-50)43(44(36)46)37-26-33(16-20-39(37)58-46)57-32-14-17-34(59-4)18-15-32/h5,13-20,24-26,31,35,42-44,49-50H,1,6-12,21-23,27-29H2,2-4H3. The zero-order valence-corrected chi connectivity index (χ0v) is 35.0. The van der Waals surface area contributed by atoms with E-state index in [1.807, 2.05) is 67.8 Å². The number of aliphatic hydroxyl groups excluding tert-OH is 2. The first-order chi connectivity index (χ1) is 28.9. The Labute approximate surface area is 351 Å². The van der Waals surface area contributed by atoms with Crippen molar-refractivity contribution in [3.8, 4) is 28.7 Å². The van der Waals surface area contributed by atoms with E-state index in [9.17, 15) is 15.0 Å². The molecule has 2 aliphatic carbocycles. The zero-order valence-electron chi connectivity index (χ0n) is 34.2. The second kappa shape index (κ2) is 19.6. The van der Waals surface area contributed by atoms with E-state index in [-0.39, 0.29) is 57.3 Å². The summed E-state index contributed by atoms with van der Waals surface area (Å²) in [7, 11) is 1.38. The van der Waals surface area contributed by atoms with Crippen LogP contribution < -0.4 is 18.9 Å². The van der Waals surface area contributed by atoms with Crippen molar-refractivity contribution < 1.29 is 48.3 Å². The predicted molar refractivity (Wildman–Crippen MR) is 225 cm³/mol. The number of methoxy groups -OCH3 is 1. The van der Waals surface area contributed by atoms with E-state index in [0.29, 0.717) is 48.2 Å². The van der Waals surface area contributed by atoms with Gasteiger partial charge >= 0.3 is 6.09 Å². The maximum absolute atomic E-state index is 14.2. The van der Waals surface area contributed by atoms with Crippen molar-refractivity contribution in [1.29, 1.82) is 0 Å². The van der Waals surface area contributed by atoms with Crippen LogP contribution in [0.15, 0.2) is 95.0 Å². The normalized spacial score (nSPS) is 24.3. The van der Waals surface area contributed by atoms with Crippen LogP contribution in [0.1, 0.15) is 68.9 Å². The van der Waals surface area contributed by atoms with E-state index in [1.54, 1.807) is 22.7 Å². The van der Waals surface area contributed by atoms with Crippen LogP contribution in [-0.2, 0) is 20.9 Å². The number of fused-ring (bicyclic) bond motifs is 3. The third-order valence-corrected chi connectivity index (χ3v) is 12.6. The topological polar surface area (TPSA) is 138 Å². The summed E-state index contributed by atoms with van der Waals surface area (Å²) < 4.78 is 37.7. The molecule has 59 heavy (non-hydrogen) atoms. The minimum absolute atomic E-state index is 0.0620. The number of rotatable bonds is 19. The van der Waals surface area contributed by atoms with Crippen LogP contribution in [-0.4, -0.2) is 85.3 Å². The molecular weight excluding hydrogens is 773 g/mol. The van der Waals surface area contributed by atoms with Crippen LogP contribution in [0.25, 0.3) is 0 Å². The number of aliphatic hydroxyl groups is 2. The minimum atomic E-state index is -1.44. The van der Waals surface area contributed by atoms with Gasteiger partial charge in [-0.25, -0.2) is 4.79 Å². The van der Waals surface area contributed by atoms with Crippen molar-refractivity contribution >= 4 is 23.6 Å². The number of allylic oxidation sites excluding steroid dienone is 1. The Morgan fingerprint density at radius 3 is 2.46 bits per heavy atom. The lowest BCUT2D eigenvalue weighted by Gasteiger charge is -2.59. The van der Waals surface area contributed by atoms with Crippen molar-refractivity contribution in [3.05, 3.63) is 96.1 Å². The molecule has 2 aliphatic heterocycles. The molecule has 13 heteroatoms. The van der Waals surface area contributed by atoms with Crippen LogP contribution in [0.5, 0.6) is 28.7 Å². The van der Waals surface area contributed by atoms with Gasteiger partial charge in [0.05, 0.1) is 25.3 Å². The molecule has 0 saturated heterocycles. The summed E-state index contributed by atoms with van der Waals surface area (Å²) >= 11 is 1.67. The molecule has 6 atom stereocenters. The third kappa shape index (κ3) is 8.94. The van der Waals surface area contributed by atoms with Crippen LogP contribution in [0.4, 0.5) is 4.79 Å². The molecule has 4 aliphatic rings. The monoisotopic (exact) mass is 828 g/mol. The van der Waals surface area contributed by atoms with Crippen molar-refractivity contribution in [2.45, 2.75) is 81.1 Å². The number of nitrogens with zero attached hydrogens (tertiary/aromatic N) is 2. The summed E-state index contributed by atoms with van der Waals surface area (Å²) in [6, 6.07) is 18.8. The molecule has 0 radical (unpaired) electrons. The number of hydrogen-bond donors (Lipinski definition) is 2. The molecule has 1 saturated carbocycles. The van der Waals surface area contributed by atoms with Crippen molar-refractivity contribution in [2.24, 2.45) is 22.9 Å². The van der Waals surface area contributed by atoms with Gasteiger partial charge in [-0.15, -0.1) is 18.3 Å². The molecule has 0 aromatic heterocycles. The van der Waals surface area contributed by atoms with Gasteiger partial charge in [-0.2, -0.15) is 0 Å². The molecular formula is C46H56N2O10S. The number of oxime groups is 1. The Balaban J connectivity index is 1.42. The average molecular weight is 829 g/mol. The van der Waals surface area contributed by atoms with E-state index in [1.165, 1.54) is 7.11 Å². The number of unbranched alkanes of at least 4 members (excludes halogenated alkanes) is 2. The Hall–Kier alpha value is -4.69. The Morgan fingerprint density at radius 2 is 1.73 bits per heavy atom. The molecule has 1 fully saturated rings. The molecule has 6 unspecified atom stereocenters. The maximum atomic E-state index is 14.2. The fourth-order valence-electron chi connectivity index (χ4n) is 9.29. The molecule has 2 N–H and O–H groups in total. The number of benzene rings is 3. The molecule has 7 rings (SSSR count). The smallest absolute Gasteiger partial charge is 0.410 e. The van der Waals surface area contributed by atoms with Crippen LogP contribution >= 0.6 is 11.8 Å². The van der Waals surface area contributed by atoms with E-state index >= 15 is 0 Å². The van der Waals surface area contributed by atoms with E-state index in [0.717, 1.165) is 53.0 Å². The lowest BCUT2D eigenvalue weighted by Crippen LogP contribution is -2.70. The first-order valence-electron chi connectivity index (χ1n) is 20.6. The molecule has 0 bridgehead atoms. The lowest BCUT2D eigenvalue weighted by atomic mass is 9.55. The fourth-order valence-corrected chi connectivity index (χ4v) is 9.70. The quantitative estimate of drug-likeness (QED) is 0.0519. The first kappa shape index (κ1) is 42.4. The van der Waals surface area contributed by atoms with Gasteiger partial charge in [0.15, 0.2) is 11.5 Å². The minimum Gasteiger partial charge on any atom is -0.459 e. The number of ether oxygens (including phenoxy) is 6. The van der Waals surface area contributed by atoms with Crippen molar-refractivity contribution in [1.82, 2.24) is 4.90 Å². The fraction of sp³-hybridized carbons (Fsp3) is 0.478. The molecule has 3 aromatic rings. The van der Waals surface area contributed by atoms with E-state index in [4.69, 9.17) is 38.4 Å². The molecule has 2 heterocycles. The van der Waals surface area contributed by atoms with Gasteiger partial charge in [-0.1, -0.05) is 36.2 Å². The lowest BCUT2D eigenvalue weighted by molar-refractivity contribution is -0.256. The van der Waals surface area contributed by atoms with E-state index < -0.39 is 23.8 Å². The number of carbonyl (C=O) groups is 1. The van der Waals surface area contributed by atoms with Gasteiger partial charge in [0.2, 0.25) is 12.6 Å². The Kier molecular flexibility index (Phi) is 14.1. The Morgan fingerprint density at radius 1 is 0.983 bits per heavy atom. The molecule has 316 valence electrons. The molecule has 3 aromatic carbocycles. The van der Waals surface area contributed by atoms with Crippen molar-refractivity contribution in [3.63, 3.8) is 0 Å². The average Bonchev–Trinajstić information content (AvgIpc) is 3.74. The van der Waals surface area contributed by atoms with Crippen LogP contribution in [0, 0.1) is 17.8 Å². The van der Waals surface area contributed by atoms with Gasteiger partial charge < -0.3 is 43.5 Å². The Bertz CT molecular complexity index is 1990. The zero-order chi connectivity index (χ0) is 41.4. The number of hydrogen-bond acceptors (Lipinski definition) is 12. The van der Waals surface area contributed by atoms with Gasteiger partial charge in [-0.3, -0.25) is 4.90 Å². The maximum Gasteiger partial charge on any atom is 0.410 e. The van der Waals surface area contributed by atoms with Crippen LogP contribution in [0.3, 0.4) is 0 Å². The van der Waals surface area contributed by atoms with E-state index in [2.05, 4.69) is 18.7 Å². The molecule has 12 nitrogen and oxygen atoms in total. The number of amides is 1. The SMILES string of the molecule is C=CCOC12Oc3ccc(Oc4ccc(SC)cc4)cc3C3C(CCCCO)C(CCCCO)C=C(C(=NOCC)CC1N(Cc1ccc4c(c1)OCO4)C(=O)OC)C32. The summed E-state index contributed by atoms with van der Waals surface area (Å²) in [5, 5.41) is 24.6. The second-order valence-electron chi connectivity index (χ2n) is 15.3. The van der Waals surface area contributed by atoms with Gasteiger partial charge in [-0.05, 0) is 116 Å². The third-order valence-electron chi connectivity index (χ3n) is 11.8. The highest BCUT2D eigenvalue weighted by molar-refractivity contribution is 7.98. The van der Waals surface area contributed by atoms with Crippen molar-refractivity contribution in [2.75, 3.05) is 46.6 Å². The highest BCUT2D eigenvalue weighted by atomic mass is 32.2. The summed E-state index contributed by atoms with van der Waals surface area (Å²) in [4.78, 5) is 22.9. The summed E-state index contributed by atoms with van der Waals surface area (Å²) in [5.41, 5.74) is 3.43. The summed E-state index contributed by atoms with van der Waals surface area (Å²) in [5.74, 6) is 1.30. The summed E-state index contributed by atoms with van der Waals surface area (Å²) in [6.07, 6.45) is 10.4. The molecule has 1 amide bonds. The second-order valence-corrected chi connectivity index (χ2v) is 16.1. The highest BCUT2D eigenvalue weighted by Crippen LogP contribution is 2.62. The van der Waals surface area contributed by atoms with Gasteiger partial charge in [0.1, 0.15) is 29.9 Å². The predicted octanol–water partition coefficient (Wildman–Crippen LogP) is 8.85. The van der Waals surface area contributed by atoms with Crippen LogP contribution in [0.2, 0.25) is 0 Å². The van der Waals surface area contributed by atoms with Gasteiger partial charge in [0.25, 0.3) is 0 Å². The van der Waals surface area contributed by atoms with Gasteiger partial charge in [0, 0.05) is 42.6 Å². The molecule has 0 spiro atoms. The highest BCUT2D eigenvalue weighted by Gasteiger charge is 2.65.